The molecule has 0 spiro atoms. The van der Waals surface area contributed by atoms with E-state index in [2.05, 4.69) is 37.9 Å². The molecule has 0 radical (unpaired) electrons. The van der Waals surface area contributed by atoms with Gasteiger partial charge < -0.3 is 5.32 Å². The Labute approximate surface area is 89.1 Å². The first kappa shape index (κ1) is 12.0. The zero-order valence-corrected chi connectivity index (χ0v) is 10.2. The van der Waals surface area contributed by atoms with Crippen LogP contribution in [0.4, 0.5) is 0 Å². The summed E-state index contributed by atoms with van der Waals surface area (Å²) in [4.78, 5) is 2.65. The molecule has 1 fully saturated rings. The maximum absolute atomic E-state index is 3.52. The molecule has 2 atom stereocenters. The molecule has 0 bridgehead atoms. The van der Waals surface area contributed by atoms with Gasteiger partial charge in [-0.2, -0.15) is 0 Å². The lowest BCUT2D eigenvalue weighted by molar-refractivity contribution is 0.159. The third-order valence-electron chi connectivity index (χ3n) is 3.30. The van der Waals surface area contributed by atoms with E-state index in [1.54, 1.807) is 0 Å². The van der Waals surface area contributed by atoms with Crippen molar-refractivity contribution < 1.29 is 0 Å². The first-order valence-electron chi connectivity index (χ1n) is 6.13. The van der Waals surface area contributed by atoms with E-state index in [9.17, 15) is 0 Å². The average Bonchev–Trinajstić information content (AvgIpc) is 2.61. The van der Waals surface area contributed by atoms with E-state index in [0.29, 0.717) is 0 Å². The quantitative estimate of drug-likeness (QED) is 0.726. The molecule has 1 aliphatic rings. The minimum Gasteiger partial charge on any atom is -0.315 e. The van der Waals surface area contributed by atoms with Crippen molar-refractivity contribution in [2.75, 3.05) is 26.2 Å². The van der Waals surface area contributed by atoms with Crippen molar-refractivity contribution in [3.63, 3.8) is 0 Å². The Morgan fingerprint density at radius 3 is 2.50 bits per heavy atom. The Morgan fingerprint density at radius 2 is 2.00 bits per heavy atom. The summed E-state index contributed by atoms with van der Waals surface area (Å²) in [6.07, 6.45) is 1.31. The highest BCUT2D eigenvalue weighted by atomic mass is 15.2. The number of hydrogen-bond donors (Lipinski definition) is 1. The van der Waals surface area contributed by atoms with E-state index in [1.165, 1.54) is 32.6 Å². The highest BCUT2D eigenvalue weighted by Gasteiger charge is 2.29. The molecule has 0 saturated carbocycles. The predicted molar refractivity (Wildman–Crippen MR) is 62.5 cm³/mol. The lowest BCUT2D eigenvalue weighted by Gasteiger charge is -2.32. The summed E-state index contributed by atoms with van der Waals surface area (Å²) in [5, 5.41) is 3.52. The van der Waals surface area contributed by atoms with Gasteiger partial charge in [-0.3, -0.25) is 4.90 Å². The number of nitrogens with one attached hydrogen (secondary N) is 1. The van der Waals surface area contributed by atoms with Gasteiger partial charge in [-0.1, -0.05) is 34.1 Å². The van der Waals surface area contributed by atoms with Crippen molar-refractivity contribution in [1.82, 2.24) is 10.2 Å². The molecule has 0 aromatic carbocycles. The van der Waals surface area contributed by atoms with Crippen molar-refractivity contribution in [3.8, 4) is 0 Å². The molecule has 2 heteroatoms. The third kappa shape index (κ3) is 2.96. The maximum atomic E-state index is 3.52. The maximum Gasteiger partial charge on any atom is 0.0260 e. The lowest BCUT2D eigenvalue weighted by Crippen LogP contribution is -2.42. The van der Waals surface area contributed by atoms with Gasteiger partial charge in [-0.25, -0.2) is 0 Å². The van der Waals surface area contributed by atoms with Crippen LogP contribution in [0.25, 0.3) is 0 Å². The van der Waals surface area contributed by atoms with Crippen LogP contribution in [0.15, 0.2) is 0 Å². The van der Waals surface area contributed by atoms with Crippen LogP contribution < -0.4 is 5.32 Å². The summed E-state index contributed by atoms with van der Waals surface area (Å²) in [5.74, 6) is 1.65. The fourth-order valence-electron chi connectivity index (χ4n) is 2.53. The fraction of sp³-hybridized carbons (Fsp3) is 1.00. The Bertz CT molecular complexity index is 156. The third-order valence-corrected chi connectivity index (χ3v) is 3.30. The number of rotatable bonds is 5. The molecular formula is C12H26N2. The molecule has 0 amide bonds. The molecule has 0 aromatic rings. The monoisotopic (exact) mass is 198 g/mol. The summed E-state index contributed by atoms with van der Waals surface area (Å²) >= 11 is 0. The second kappa shape index (κ2) is 5.72. The zero-order chi connectivity index (χ0) is 10.6. The molecule has 84 valence electrons. The van der Waals surface area contributed by atoms with Crippen LogP contribution in [0.2, 0.25) is 0 Å². The molecule has 1 aliphatic heterocycles. The minimum atomic E-state index is 0.785. The van der Waals surface area contributed by atoms with Crippen LogP contribution in [0.5, 0.6) is 0 Å². The Balaban J connectivity index is 2.49. The van der Waals surface area contributed by atoms with Gasteiger partial charge >= 0.3 is 0 Å². The molecule has 0 aromatic heterocycles. The summed E-state index contributed by atoms with van der Waals surface area (Å²) in [6.45, 7) is 14.1. The minimum absolute atomic E-state index is 0.785. The van der Waals surface area contributed by atoms with Gasteiger partial charge in [0, 0.05) is 19.1 Å². The normalized spacial score (nSPS) is 27.9. The van der Waals surface area contributed by atoms with E-state index in [1.807, 2.05) is 0 Å². The van der Waals surface area contributed by atoms with Gasteiger partial charge in [-0.05, 0) is 24.9 Å². The zero-order valence-electron chi connectivity index (χ0n) is 10.2. The molecule has 2 nitrogen and oxygen atoms in total. The van der Waals surface area contributed by atoms with Crippen LogP contribution in [-0.4, -0.2) is 37.1 Å². The standard InChI is InChI=1S/C12H26N2/c1-5-11-7-13-8-12(11)14(6-2)9-10(3)4/h10-13H,5-9H2,1-4H3. The predicted octanol–water partition coefficient (Wildman–Crippen LogP) is 1.96. The Hall–Kier alpha value is -0.0800. The van der Waals surface area contributed by atoms with Crippen molar-refractivity contribution in [3.05, 3.63) is 0 Å². The highest BCUT2D eigenvalue weighted by Crippen LogP contribution is 2.19. The molecule has 1 N–H and O–H groups in total. The summed E-state index contributed by atoms with van der Waals surface area (Å²) in [6, 6.07) is 0.785. The van der Waals surface area contributed by atoms with Crippen LogP contribution in [-0.2, 0) is 0 Å². The number of likely N-dealkylation sites (N-methyl/N-ethyl adjacent to an activating group) is 1. The second-order valence-electron chi connectivity index (χ2n) is 4.88. The molecule has 1 rings (SSSR count). The average molecular weight is 198 g/mol. The molecule has 2 unspecified atom stereocenters. The largest absolute Gasteiger partial charge is 0.315 e. The van der Waals surface area contributed by atoms with Crippen LogP contribution in [0.1, 0.15) is 34.1 Å². The SMILES string of the molecule is CCC1CNCC1N(CC)CC(C)C. The van der Waals surface area contributed by atoms with Crippen molar-refractivity contribution in [2.45, 2.75) is 40.2 Å². The van der Waals surface area contributed by atoms with Crippen LogP contribution in [0.3, 0.4) is 0 Å². The first-order chi connectivity index (χ1) is 6.69. The number of nitrogens with zero attached hydrogens (tertiary/aromatic N) is 1. The summed E-state index contributed by atoms with van der Waals surface area (Å²) < 4.78 is 0. The Morgan fingerprint density at radius 1 is 1.29 bits per heavy atom. The van der Waals surface area contributed by atoms with Crippen molar-refractivity contribution in [1.29, 1.82) is 0 Å². The van der Waals surface area contributed by atoms with Gasteiger partial charge in [0.1, 0.15) is 0 Å². The first-order valence-corrected chi connectivity index (χ1v) is 6.13. The smallest absolute Gasteiger partial charge is 0.0260 e. The molecular weight excluding hydrogens is 172 g/mol. The van der Waals surface area contributed by atoms with Gasteiger partial charge in [-0.15, -0.1) is 0 Å². The summed E-state index contributed by atoms with van der Waals surface area (Å²) in [5.41, 5.74) is 0. The van der Waals surface area contributed by atoms with E-state index < -0.39 is 0 Å². The Kier molecular flexibility index (Phi) is 4.90. The fourth-order valence-corrected chi connectivity index (χ4v) is 2.53. The van der Waals surface area contributed by atoms with E-state index >= 15 is 0 Å². The van der Waals surface area contributed by atoms with Gasteiger partial charge in [0.25, 0.3) is 0 Å². The van der Waals surface area contributed by atoms with Crippen LogP contribution >= 0.6 is 0 Å². The highest BCUT2D eigenvalue weighted by molar-refractivity contribution is 4.87. The summed E-state index contributed by atoms with van der Waals surface area (Å²) in [7, 11) is 0. The van der Waals surface area contributed by atoms with Gasteiger partial charge in [0.15, 0.2) is 0 Å². The molecule has 14 heavy (non-hydrogen) atoms. The van der Waals surface area contributed by atoms with Gasteiger partial charge in [0.05, 0.1) is 0 Å². The molecule has 1 heterocycles. The van der Waals surface area contributed by atoms with E-state index in [4.69, 9.17) is 0 Å². The number of hydrogen-bond acceptors (Lipinski definition) is 2. The van der Waals surface area contributed by atoms with Crippen molar-refractivity contribution in [2.24, 2.45) is 11.8 Å². The molecule has 1 saturated heterocycles. The van der Waals surface area contributed by atoms with Crippen LogP contribution in [0, 0.1) is 11.8 Å². The molecule has 0 aliphatic carbocycles. The second-order valence-corrected chi connectivity index (χ2v) is 4.88. The lowest BCUT2D eigenvalue weighted by atomic mass is 9.98. The van der Waals surface area contributed by atoms with E-state index in [0.717, 1.165) is 17.9 Å². The van der Waals surface area contributed by atoms with Gasteiger partial charge in [0.2, 0.25) is 0 Å². The van der Waals surface area contributed by atoms with E-state index in [-0.39, 0.29) is 0 Å². The van der Waals surface area contributed by atoms with Crippen molar-refractivity contribution >= 4 is 0 Å². The topological polar surface area (TPSA) is 15.3 Å².